The predicted molar refractivity (Wildman–Crippen MR) is 127 cm³/mol. The van der Waals surface area contributed by atoms with Crippen molar-refractivity contribution < 1.29 is 18.8 Å². The number of aromatic nitrogens is 1. The highest BCUT2D eigenvalue weighted by Gasteiger charge is 2.52. The van der Waals surface area contributed by atoms with Gasteiger partial charge in [0.15, 0.2) is 0 Å². The highest BCUT2D eigenvalue weighted by molar-refractivity contribution is 6.56. The van der Waals surface area contributed by atoms with Crippen molar-refractivity contribution in [2.24, 2.45) is 0 Å². The van der Waals surface area contributed by atoms with Crippen molar-refractivity contribution in [1.29, 1.82) is 0 Å². The first-order valence-electron chi connectivity index (χ1n) is 10.8. The second kappa shape index (κ2) is 8.84. The molecule has 1 saturated heterocycles. The second-order valence-corrected chi connectivity index (χ2v) is 9.05. The number of hydrogen-bond acceptors (Lipinski definition) is 4. The van der Waals surface area contributed by atoms with E-state index >= 15 is 0 Å². The van der Waals surface area contributed by atoms with Gasteiger partial charge in [-0.1, -0.05) is 48.5 Å². The number of benzene rings is 2. The molecule has 1 aliphatic rings. The van der Waals surface area contributed by atoms with Crippen LogP contribution in [0.4, 0.5) is 4.79 Å². The van der Waals surface area contributed by atoms with Crippen molar-refractivity contribution in [3.05, 3.63) is 77.4 Å². The third-order valence-electron chi connectivity index (χ3n) is 6.14. The number of fused-ring (bicyclic) bond motifs is 1. The average Bonchev–Trinajstić information content (AvgIpc) is 3.31. The number of nitrogens with one attached hydrogen (secondary N) is 2. The summed E-state index contributed by atoms with van der Waals surface area (Å²) in [5.74, 6) is 0. The summed E-state index contributed by atoms with van der Waals surface area (Å²) in [5, 5.41) is 3.98. The number of ether oxygens (including phenoxy) is 1. The van der Waals surface area contributed by atoms with Crippen molar-refractivity contribution in [3.63, 3.8) is 0 Å². The lowest BCUT2D eigenvalue weighted by Gasteiger charge is -2.32. The maximum absolute atomic E-state index is 12.3. The Hall–Kier alpha value is -3.03. The summed E-state index contributed by atoms with van der Waals surface area (Å²) in [6.45, 7) is 8.50. The fourth-order valence-electron chi connectivity index (χ4n) is 3.51. The Morgan fingerprint density at radius 1 is 1.06 bits per heavy atom. The second-order valence-electron chi connectivity index (χ2n) is 9.05. The number of carbonyl (C=O) groups excluding carboxylic acids is 1. The van der Waals surface area contributed by atoms with Gasteiger partial charge in [0.25, 0.3) is 0 Å². The van der Waals surface area contributed by atoms with E-state index in [0.717, 1.165) is 27.5 Å². The van der Waals surface area contributed by atoms with Gasteiger partial charge in [-0.3, -0.25) is 0 Å². The highest BCUT2D eigenvalue weighted by Crippen LogP contribution is 2.38. The molecule has 1 aromatic heterocycles. The molecule has 1 aliphatic heterocycles. The zero-order valence-electron chi connectivity index (χ0n) is 19.0. The zero-order chi connectivity index (χ0) is 22.8. The van der Waals surface area contributed by atoms with E-state index in [9.17, 15) is 4.79 Å². The fraction of sp³-hybridized carbons (Fsp3) is 0.320. The van der Waals surface area contributed by atoms with Gasteiger partial charge in [0.1, 0.15) is 6.61 Å². The summed E-state index contributed by atoms with van der Waals surface area (Å²) < 4.78 is 17.8. The van der Waals surface area contributed by atoms with Crippen LogP contribution < -0.4 is 5.32 Å². The molecule has 0 saturated carbocycles. The van der Waals surface area contributed by atoms with Crippen LogP contribution in [0, 0.1) is 0 Å². The number of H-pyrrole nitrogens is 1. The van der Waals surface area contributed by atoms with Gasteiger partial charge in [0.2, 0.25) is 0 Å². The van der Waals surface area contributed by atoms with Crippen molar-refractivity contribution in [1.82, 2.24) is 10.3 Å². The largest absolute Gasteiger partial charge is 0.492 e. The van der Waals surface area contributed by atoms with Gasteiger partial charge in [-0.25, -0.2) is 4.79 Å². The van der Waals surface area contributed by atoms with Crippen LogP contribution in [-0.4, -0.2) is 35.9 Å². The molecule has 4 rings (SSSR count). The molecular formula is C25H29BN2O4. The molecule has 2 heterocycles. The van der Waals surface area contributed by atoms with Crippen LogP contribution in [0.25, 0.3) is 17.0 Å². The molecule has 0 spiro atoms. The summed E-state index contributed by atoms with van der Waals surface area (Å²) in [5.41, 5.74) is 2.82. The topological polar surface area (TPSA) is 72.6 Å². The molecule has 0 unspecified atom stereocenters. The van der Waals surface area contributed by atoms with Gasteiger partial charge in [-0.15, -0.1) is 0 Å². The first-order chi connectivity index (χ1) is 15.2. The molecule has 6 nitrogen and oxygen atoms in total. The van der Waals surface area contributed by atoms with E-state index in [1.807, 2.05) is 82.4 Å². The Labute approximate surface area is 189 Å². The maximum Gasteiger partial charge on any atom is 0.492 e. The van der Waals surface area contributed by atoms with E-state index in [0.29, 0.717) is 0 Å². The Morgan fingerprint density at radius 3 is 2.50 bits per heavy atom. The summed E-state index contributed by atoms with van der Waals surface area (Å²) in [6.07, 6.45) is 3.42. The smallest absolute Gasteiger partial charge is 0.445 e. The first kappa shape index (κ1) is 22.2. The summed E-state index contributed by atoms with van der Waals surface area (Å²) in [7, 11) is -0.575. The molecule has 7 heteroatoms. The summed E-state index contributed by atoms with van der Waals surface area (Å²) >= 11 is 0. The molecule has 0 radical (unpaired) electrons. The van der Waals surface area contributed by atoms with Crippen LogP contribution in [0.15, 0.2) is 66.3 Å². The fourth-order valence-corrected chi connectivity index (χ4v) is 3.51. The van der Waals surface area contributed by atoms with E-state index in [1.165, 1.54) is 0 Å². The molecule has 32 heavy (non-hydrogen) atoms. The van der Waals surface area contributed by atoms with Crippen LogP contribution >= 0.6 is 0 Å². The lowest BCUT2D eigenvalue weighted by atomic mass is 9.77. The molecule has 1 amide bonds. The van der Waals surface area contributed by atoms with E-state index in [1.54, 1.807) is 0 Å². The van der Waals surface area contributed by atoms with E-state index in [-0.39, 0.29) is 13.2 Å². The number of rotatable bonds is 6. The minimum Gasteiger partial charge on any atom is -0.445 e. The van der Waals surface area contributed by atoms with Crippen molar-refractivity contribution in [2.75, 3.05) is 6.54 Å². The third kappa shape index (κ3) is 4.90. The van der Waals surface area contributed by atoms with Crippen LogP contribution in [0.3, 0.4) is 0 Å². The number of aromatic amines is 1. The Morgan fingerprint density at radius 2 is 1.78 bits per heavy atom. The Bertz CT molecular complexity index is 1110. The van der Waals surface area contributed by atoms with Crippen LogP contribution in [-0.2, 0) is 20.7 Å². The normalized spacial score (nSPS) is 17.5. The molecule has 166 valence electrons. The molecule has 3 aromatic rings. The van der Waals surface area contributed by atoms with Crippen LogP contribution in [0.5, 0.6) is 0 Å². The van der Waals surface area contributed by atoms with E-state index in [2.05, 4.69) is 22.4 Å². The Balaban J connectivity index is 1.50. The van der Waals surface area contributed by atoms with Gasteiger partial charge < -0.3 is 24.3 Å². The maximum atomic E-state index is 12.3. The lowest BCUT2D eigenvalue weighted by Crippen LogP contribution is -2.41. The van der Waals surface area contributed by atoms with Crippen molar-refractivity contribution in [2.45, 2.75) is 45.5 Å². The molecule has 0 atom stereocenters. The number of hydrogen-bond donors (Lipinski definition) is 2. The molecule has 0 bridgehead atoms. The molecule has 2 aromatic carbocycles. The van der Waals surface area contributed by atoms with Crippen molar-refractivity contribution in [3.8, 4) is 0 Å². The summed E-state index contributed by atoms with van der Waals surface area (Å²) in [6, 6.07) is 17.8. The molecular weight excluding hydrogens is 403 g/mol. The summed E-state index contributed by atoms with van der Waals surface area (Å²) in [4.78, 5) is 15.6. The average molecular weight is 432 g/mol. The van der Waals surface area contributed by atoms with Gasteiger partial charge in [0, 0.05) is 18.3 Å². The van der Waals surface area contributed by atoms with E-state index < -0.39 is 24.4 Å². The van der Waals surface area contributed by atoms with Gasteiger partial charge in [-0.2, -0.15) is 0 Å². The molecule has 1 fully saturated rings. The predicted octanol–water partition coefficient (Wildman–Crippen LogP) is 5.11. The molecule has 0 aliphatic carbocycles. The first-order valence-corrected chi connectivity index (χ1v) is 10.8. The standard InChI is InChI=1S/C25H29BN2O4/c1-24(2)25(3,4)32-26(31-24)21(14-19-10-11-20-12-13-27-22(20)15-19)16-28-23(29)30-17-18-8-6-5-7-9-18/h5-15,27H,16-17H2,1-4H3,(H,28,29). The van der Waals surface area contributed by atoms with Gasteiger partial charge in [-0.05, 0) is 61.8 Å². The monoisotopic (exact) mass is 432 g/mol. The van der Waals surface area contributed by atoms with Crippen LogP contribution in [0.2, 0.25) is 0 Å². The SMILES string of the molecule is CC1(C)OB(C(=Cc2ccc3cc[nH]c3c2)CNC(=O)OCc2ccccc2)OC1(C)C. The van der Waals surface area contributed by atoms with E-state index in [4.69, 9.17) is 14.0 Å². The van der Waals surface area contributed by atoms with Gasteiger partial charge >= 0.3 is 13.2 Å². The minimum atomic E-state index is -0.575. The zero-order valence-corrected chi connectivity index (χ0v) is 19.0. The van der Waals surface area contributed by atoms with Gasteiger partial charge in [0.05, 0.1) is 11.2 Å². The lowest BCUT2D eigenvalue weighted by molar-refractivity contribution is 0.00578. The van der Waals surface area contributed by atoms with Crippen molar-refractivity contribution >= 4 is 30.2 Å². The number of amides is 1. The molecule has 2 N–H and O–H groups in total. The number of alkyl carbamates (subject to hydrolysis) is 1. The quantitative estimate of drug-likeness (QED) is 0.531. The van der Waals surface area contributed by atoms with Crippen LogP contribution in [0.1, 0.15) is 38.8 Å². The third-order valence-corrected chi connectivity index (χ3v) is 6.14. The Kier molecular flexibility index (Phi) is 6.13. The minimum absolute atomic E-state index is 0.214. The number of carbonyl (C=O) groups is 1. The highest BCUT2D eigenvalue weighted by atomic mass is 16.7.